The number of fused-ring (bicyclic) bond motifs is 2. The van der Waals surface area contributed by atoms with Crippen LogP contribution >= 0.6 is 27.7 Å². The van der Waals surface area contributed by atoms with E-state index in [0.717, 1.165) is 28.6 Å². The van der Waals surface area contributed by atoms with Gasteiger partial charge in [-0.1, -0.05) is 53.2 Å². The van der Waals surface area contributed by atoms with Gasteiger partial charge in [0.15, 0.2) is 17.9 Å². The third kappa shape index (κ3) is 4.81. The number of hydrazone groups is 1. The highest BCUT2D eigenvalue weighted by Crippen LogP contribution is 2.31. The molecule has 10 heteroatoms. The molecule has 2 aliphatic rings. The van der Waals surface area contributed by atoms with E-state index >= 15 is 0 Å². The molecule has 2 heterocycles. The minimum Gasteiger partial charge on any atom is -0.482 e. The molecule has 8 nitrogen and oxygen atoms in total. The number of carbonyl (C=O) groups is 2. The largest absolute Gasteiger partial charge is 0.482 e. The molecule has 4 rings (SSSR count). The monoisotopic (exact) mass is 516 g/mol. The van der Waals surface area contributed by atoms with Crippen molar-refractivity contribution in [2.45, 2.75) is 25.9 Å². The molecule has 0 aromatic heterocycles. The highest BCUT2D eigenvalue weighted by Gasteiger charge is 2.34. The van der Waals surface area contributed by atoms with Crippen molar-refractivity contribution in [3.8, 4) is 5.75 Å². The molecule has 0 fully saturated rings. The number of hydrogen-bond donors (Lipinski definition) is 2. The van der Waals surface area contributed by atoms with Gasteiger partial charge in [-0.25, -0.2) is 9.80 Å². The fraction of sp³-hybridized carbons (Fsp3) is 0.273. The Kier molecular flexibility index (Phi) is 6.80. The number of ether oxygens (including phenoxy) is 1. The predicted molar refractivity (Wildman–Crippen MR) is 125 cm³/mol. The number of rotatable bonds is 7. The van der Waals surface area contributed by atoms with Crippen molar-refractivity contribution < 1.29 is 19.4 Å². The average Bonchev–Trinajstić information content (AvgIpc) is 2.77. The SMILES string of the molecule is CCCCSC1=NN2C(=c3cc(Br)ccc3=NC2c2ccc(OCC(=O)O)cc2)C(=O)N1. The number of nitrogens with zero attached hydrogens (tertiary/aromatic N) is 3. The third-order valence-electron chi connectivity index (χ3n) is 4.85. The molecular formula is C22H21BrN4O4S. The number of thioether (sulfide) groups is 1. The second-order valence-electron chi connectivity index (χ2n) is 7.17. The molecule has 2 aromatic rings. The molecular weight excluding hydrogens is 496 g/mol. The van der Waals surface area contributed by atoms with Gasteiger partial charge in [-0.05, 0) is 42.3 Å². The quantitative estimate of drug-likeness (QED) is 0.548. The molecule has 0 aliphatic carbocycles. The number of nitrogens with one attached hydrogen (secondary N) is 1. The lowest BCUT2D eigenvalue weighted by Gasteiger charge is -2.34. The number of benzene rings is 2. The van der Waals surface area contributed by atoms with E-state index in [-0.39, 0.29) is 5.91 Å². The number of amidine groups is 1. The zero-order chi connectivity index (χ0) is 22.7. The van der Waals surface area contributed by atoms with Gasteiger partial charge in [-0.3, -0.25) is 15.1 Å². The van der Waals surface area contributed by atoms with Crippen LogP contribution < -0.4 is 20.6 Å². The van der Waals surface area contributed by atoms with Gasteiger partial charge >= 0.3 is 5.97 Å². The van der Waals surface area contributed by atoms with Crippen LogP contribution in [0.3, 0.4) is 0 Å². The molecule has 1 amide bonds. The number of halogens is 1. The maximum atomic E-state index is 13.1. The van der Waals surface area contributed by atoms with Crippen LogP contribution in [-0.2, 0) is 9.59 Å². The highest BCUT2D eigenvalue weighted by molar-refractivity contribution is 9.10. The van der Waals surface area contributed by atoms with Crippen molar-refractivity contribution in [1.82, 2.24) is 10.3 Å². The number of hydrogen-bond acceptors (Lipinski definition) is 7. The summed E-state index contributed by atoms with van der Waals surface area (Å²) in [6.45, 7) is 1.70. The number of carboxylic acids is 1. The van der Waals surface area contributed by atoms with Crippen molar-refractivity contribution in [1.29, 1.82) is 0 Å². The molecule has 0 saturated carbocycles. The molecule has 1 unspecified atom stereocenters. The van der Waals surface area contributed by atoms with E-state index in [9.17, 15) is 9.59 Å². The average molecular weight is 517 g/mol. The molecule has 2 aromatic carbocycles. The van der Waals surface area contributed by atoms with Gasteiger partial charge in [-0.15, -0.1) is 5.10 Å². The Morgan fingerprint density at radius 1 is 1.28 bits per heavy atom. The van der Waals surface area contributed by atoms with Crippen molar-refractivity contribution in [2.75, 3.05) is 12.4 Å². The lowest BCUT2D eigenvalue weighted by Crippen LogP contribution is -2.50. The van der Waals surface area contributed by atoms with Crippen LogP contribution in [0.4, 0.5) is 0 Å². The summed E-state index contributed by atoms with van der Waals surface area (Å²) in [7, 11) is 0. The van der Waals surface area contributed by atoms with Gasteiger partial charge in [0.1, 0.15) is 11.4 Å². The Morgan fingerprint density at radius 2 is 2.06 bits per heavy atom. The van der Waals surface area contributed by atoms with Gasteiger partial charge < -0.3 is 9.84 Å². The lowest BCUT2D eigenvalue weighted by molar-refractivity contribution is -0.139. The molecule has 0 radical (unpaired) electrons. The lowest BCUT2D eigenvalue weighted by atomic mass is 10.1. The second-order valence-corrected chi connectivity index (χ2v) is 9.17. The van der Waals surface area contributed by atoms with Crippen LogP contribution in [0.15, 0.2) is 57.0 Å². The zero-order valence-corrected chi connectivity index (χ0v) is 19.6. The minimum atomic E-state index is -1.04. The first-order valence-corrected chi connectivity index (χ1v) is 11.9. The van der Waals surface area contributed by atoms with Crippen molar-refractivity contribution >= 4 is 50.4 Å². The first-order chi connectivity index (χ1) is 15.5. The van der Waals surface area contributed by atoms with Crippen molar-refractivity contribution in [3.63, 3.8) is 0 Å². The van der Waals surface area contributed by atoms with Crippen LogP contribution in [0.1, 0.15) is 31.5 Å². The predicted octanol–water partition coefficient (Wildman–Crippen LogP) is 2.59. The van der Waals surface area contributed by atoms with Crippen molar-refractivity contribution in [2.24, 2.45) is 10.1 Å². The molecule has 0 bridgehead atoms. The summed E-state index contributed by atoms with van der Waals surface area (Å²) in [5.41, 5.74) is 1.24. The van der Waals surface area contributed by atoms with Crippen molar-refractivity contribution in [3.05, 3.63) is 63.1 Å². The molecule has 2 aliphatic heterocycles. The molecule has 166 valence electrons. The smallest absolute Gasteiger partial charge is 0.341 e. The summed E-state index contributed by atoms with van der Waals surface area (Å²) in [5.74, 6) is 0.0363. The summed E-state index contributed by atoms with van der Waals surface area (Å²) in [6.07, 6.45) is 1.54. The number of unbranched alkanes of at least 4 members (excludes halogenated alkanes) is 1. The van der Waals surface area contributed by atoms with Gasteiger partial charge in [0.25, 0.3) is 5.91 Å². The van der Waals surface area contributed by atoms with Gasteiger partial charge in [-0.2, -0.15) is 0 Å². The maximum Gasteiger partial charge on any atom is 0.341 e. The summed E-state index contributed by atoms with van der Waals surface area (Å²) < 4.78 is 6.07. The third-order valence-corrected chi connectivity index (χ3v) is 6.29. The van der Waals surface area contributed by atoms with Crippen LogP contribution in [0, 0.1) is 0 Å². The summed E-state index contributed by atoms with van der Waals surface area (Å²) in [6, 6.07) is 12.6. The van der Waals surface area contributed by atoms with E-state index in [1.807, 2.05) is 18.2 Å². The normalized spacial score (nSPS) is 17.0. The fourth-order valence-electron chi connectivity index (χ4n) is 3.33. The fourth-order valence-corrected chi connectivity index (χ4v) is 4.63. The van der Waals surface area contributed by atoms with Gasteiger partial charge in [0.2, 0.25) is 0 Å². The highest BCUT2D eigenvalue weighted by atomic mass is 79.9. The van der Waals surface area contributed by atoms with Gasteiger partial charge in [0.05, 0.1) is 5.36 Å². The Balaban J connectivity index is 1.75. The molecule has 0 saturated heterocycles. The Morgan fingerprint density at radius 3 is 2.78 bits per heavy atom. The van der Waals surface area contributed by atoms with E-state index in [0.29, 0.717) is 27.2 Å². The first kappa shape index (κ1) is 22.3. The molecule has 2 N–H and O–H groups in total. The van der Waals surface area contributed by atoms with E-state index in [4.69, 9.17) is 19.9 Å². The molecule has 0 spiro atoms. The van der Waals surface area contributed by atoms with E-state index < -0.39 is 18.7 Å². The maximum absolute atomic E-state index is 13.1. The number of carboxylic acid groups (broad SMARTS) is 1. The van der Waals surface area contributed by atoms with Crippen LogP contribution in [0.5, 0.6) is 5.75 Å². The molecule has 1 atom stereocenters. The van der Waals surface area contributed by atoms with Gasteiger partial charge in [0, 0.05) is 15.4 Å². The number of aliphatic carboxylic acids is 1. The first-order valence-electron chi connectivity index (χ1n) is 10.1. The summed E-state index contributed by atoms with van der Waals surface area (Å²) >= 11 is 4.98. The summed E-state index contributed by atoms with van der Waals surface area (Å²) in [5, 5.41) is 20.0. The Bertz CT molecular complexity index is 1200. The van der Waals surface area contributed by atoms with E-state index in [2.05, 4.69) is 28.2 Å². The zero-order valence-electron chi connectivity index (χ0n) is 17.2. The number of amides is 1. The second kappa shape index (κ2) is 9.74. The number of carbonyl (C=O) groups excluding carboxylic acids is 1. The van der Waals surface area contributed by atoms with Crippen LogP contribution in [0.25, 0.3) is 5.70 Å². The summed E-state index contributed by atoms with van der Waals surface area (Å²) in [4.78, 5) is 28.7. The Hall–Kier alpha value is -2.85. The molecule has 32 heavy (non-hydrogen) atoms. The Labute approximate surface area is 197 Å². The van der Waals surface area contributed by atoms with Crippen LogP contribution in [0.2, 0.25) is 0 Å². The van der Waals surface area contributed by atoms with E-state index in [1.54, 1.807) is 29.3 Å². The van der Waals surface area contributed by atoms with Crippen LogP contribution in [-0.4, -0.2) is 39.5 Å². The minimum absolute atomic E-state index is 0.223. The standard InChI is InChI=1S/C22H21BrN4O4S/c1-2-3-10-32-22-25-21(30)19-16-11-14(23)6-9-17(16)24-20(27(19)26-22)13-4-7-15(8-5-13)31-12-18(28)29/h4-9,11,20H,2-3,10,12H2,1H3,(H,28,29)(H,25,26,30). The van der Waals surface area contributed by atoms with E-state index in [1.165, 1.54) is 11.8 Å². The topological polar surface area (TPSA) is 104 Å².